The van der Waals surface area contributed by atoms with Crippen molar-refractivity contribution in [1.82, 2.24) is 15.0 Å². The van der Waals surface area contributed by atoms with E-state index in [9.17, 15) is 0 Å². The highest BCUT2D eigenvalue weighted by atomic mass is 16.7. The lowest BCUT2D eigenvalue weighted by Gasteiger charge is -2.12. The SMILES string of the molecule is CNc1nc(Oc2ccc3c(c2)OCO3)nc(N(C)C)n1. The van der Waals surface area contributed by atoms with Crippen LogP contribution in [0.25, 0.3) is 0 Å². The number of nitrogens with one attached hydrogen (secondary N) is 1. The molecule has 1 N–H and O–H groups in total. The van der Waals surface area contributed by atoms with Crippen molar-refractivity contribution in [1.29, 1.82) is 0 Å². The average molecular weight is 289 g/mol. The minimum atomic E-state index is 0.205. The number of hydrogen-bond acceptors (Lipinski definition) is 8. The molecule has 0 aliphatic carbocycles. The first-order valence-corrected chi connectivity index (χ1v) is 6.34. The molecule has 0 amide bonds. The number of rotatable bonds is 4. The number of ether oxygens (including phenoxy) is 3. The zero-order chi connectivity index (χ0) is 14.8. The van der Waals surface area contributed by atoms with Gasteiger partial charge >= 0.3 is 6.01 Å². The highest BCUT2D eigenvalue weighted by molar-refractivity contribution is 5.47. The summed E-state index contributed by atoms with van der Waals surface area (Å²) in [4.78, 5) is 14.4. The van der Waals surface area contributed by atoms with E-state index in [0.29, 0.717) is 29.1 Å². The van der Waals surface area contributed by atoms with Crippen molar-refractivity contribution in [3.05, 3.63) is 18.2 Å². The van der Waals surface area contributed by atoms with E-state index in [4.69, 9.17) is 14.2 Å². The molecule has 21 heavy (non-hydrogen) atoms. The average Bonchev–Trinajstić information content (AvgIpc) is 2.94. The molecule has 1 aliphatic rings. The van der Waals surface area contributed by atoms with Crippen LogP contribution in [0, 0.1) is 0 Å². The molecule has 0 bridgehead atoms. The maximum Gasteiger partial charge on any atom is 0.328 e. The summed E-state index contributed by atoms with van der Waals surface area (Å²) in [6, 6.07) is 5.49. The van der Waals surface area contributed by atoms with Crippen LogP contribution in [0.15, 0.2) is 18.2 Å². The molecule has 1 aromatic heterocycles. The number of aromatic nitrogens is 3. The number of hydrogen-bond donors (Lipinski definition) is 1. The summed E-state index contributed by atoms with van der Waals surface area (Å²) in [7, 11) is 5.43. The third-order valence-corrected chi connectivity index (χ3v) is 2.78. The number of benzene rings is 1. The van der Waals surface area contributed by atoms with Crippen LogP contribution in [-0.2, 0) is 0 Å². The predicted octanol–water partition coefficient (Wildman–Crippen LogP) is 1.50. The van der Waals surface area contributed by atoms with Gasteiger partial charge in [-0.2, -0.15) is 15.0 Å². The first-order chi connectivity index (χ1) is 10.2. The molecule has 0 radical (unpaired) electrons. The van der Waals surface area contributed by atoms with Gasteiger partial charge < -0.3 is 24.4 Å². The molecule has 0 spiro atoms. The molecule has 8 heteroatoms. The van der Waals surface area contributed by atoms with Gasteiger partial charge in [0, 0.05) is 27.2 Å². The fourth-order valence-corrected chi connectivity index (χ4v) is 1.75. The van der Waals surface area contributed by atoms with Gasteiger partial charge in [0.05, 0.1) is 0 Å². The molecule has 0 unspecified atom stereocenters. The maximum absolute atomic E-state index is 5.67. The summed E-state index contributed by atoms with van der Waals surface area (Å²) in [5, 5.41) is 2.88. The molecule has 0 saturated heterocycles. The van der Waals surface area contributed by atoms with Gasteiger partial charge in [-0.1, -0.05) is 0 Å². The second-order valence-corrected chi connectivity index (χ2v) is 4.50. The Hall–Kier alpha value is -2.77. The minimum Gasteiger partial charge on any atom is -0.454 e. The fourth-order valence-electron chi connectivity index (χ4n) is 1.75. The Labute approximate surface area is 121 Å². The lowest BCUT2D eigenvalue weighted by atomic mass is 10.3. The number of fused-ring (bicyclic) bond motifs is 1. The van der Waals surface area contributed by atoms with Crippen LogP contribution in [0.5, 0.6) is 23.3 Å². The lowest BCUT2D eigenvalue weighted by molar-refractivity contribution is 0.174. The number of nitrogens with zero attached hydrogens (tertiary/aromatic N) is 4. The van der Waals surface area contributed by atoms with Crippen LogP contribution in [0.4, 0.5) is 11.9 Å². The molecule has 0 atom stereocenters. The van der Waals surface area contributed by atoms with Crippen LogP contribution >= 0.6 is 0 Å². The zero-order valence-electron chi connectivity index (χ0n) is 12.0. The van der Waals surface area contributed by atoms with Crippen LogP contribution in [-0.4, -0.2) is 42.9 Å². The summed E-state index contributed by atoms with van der Waals surface area (Å²) in [5.41, 5.74) is 0. The molecular weight excluding hydrogens is 274 g/mol. The smallest absolute Gasteiger partial charge is 0.328 e. The van der Waals surface area contributed by atoms with Crippen LogP contribution in [0.2, 0.25) is 0 Å². The van der Waals surface area contributed by atoms with Gasteiger partial charge in [-0.05, 0) is 12.1 Å². The van der Waals surface area contributed by atoms with E-state index in [2.05, 4.69) is 20.3 Å². The summed E-state index contributed by atoms with van der Waals surface area (Å²) >= 11 is 0. The molecule has 0 fully saturated rings. The molecule has 2 heterocycles. The summed E-state index contributed by atoms with van der Waals surface area (Å²) in [5.74, 6) is 2.85. The monoisotopic (exact) mass is 289 g/mol. The van der Waals surface area contributed by atoms with Gasteiger partial charge in [-0.15, -0.1) is 0 Å². The predicted molar refractivity (Wildman–Crippen MR) is 76.3 cm³/mol. The topological polar surface area (TPSA) is 81.6 Å². The Bertz CT molecular complexity index is 662. The summed E-state index contributed by atoms with van der Waals surface area (Å²) < 4.78 is 16.2. The van der Waals surface area contributed by atoms with Crippen molar-refractivity contribution in [3.63, 3.8) is 0 Å². The molecular formula is C13H15N5O3. The molecule has 8 nitrogen and oxygen atoms in total. The Morgan fingerprint density at radius 1 is 1.14 bits per heavy atom. The highest BCUT2D eigenvalue weighted by Gasteiger charge is 2.15. The fraction of sp³-hybridized carbons (Fsp3) is 0.308. The Balaban J connectivity index is 1.88. The van der Waals surface area contributed by atoms with Gasteiger partial charge in [-0.3, -0.25) is 0 Å². The van der Waals surface area contributed by atoms with Crippen LogP contribution in [0.3, 0.4) is 0 Å². The molecule has 2 aromatic rings. The van der Waals surface area contributed by atoms with Crippen LogP contribution < -0.4 is 24.4 Å². The Kier molecular flexibility index (Phi) is 3.35. The third kappa shape index (κ3) is 2.73. The first-order valence-electron chi connectivity index (χ1n) is 6.34. The van der Waals surface area contributed by atoms with Crippen molar-refractivity contribution < 1.29 is 14.2 Å². The van der Waals surface area contributed by atoms with Gasteiger partial charge in [0.2, 0.25) is 18.7 Å². The van der Waals surface area contributed by atoms with E-state index < -0.39 is 0 Å². The summed E-state index contributed by atoms with van der Waals surface area (Å²) in [6.07, 6.45) is 0. The van der Waals surface area contributed by atoms with E-state index in [1.165, 1.54) is 0 Å². The van der Waals surface area contributed by atoms with Gasteiger partial charge in [0.25, 0.3) is 0 Å². The molecule has 110 valence electrons. The highest BCUT2D eigenvalue weighted by Crippen LogP contribution is 2.36. The lowest BCUT2D eigenvalue weighted by Crippen LogP contribution is -2.15. The maximum atomic E-state index is 5.67. The minimum absolute atomic E-state index is 0.205. The van der Waals surface area contributed by atoms with Gasteiger partial charge in [0.1, 0.15) is 5.75 Å². The normalized spacial score (nSPS) is 12.1. The standard InChI is InChI=1S/C13H15N5O3/c1-14-11-15-12(18(2)3)17-13(16-11)21-8-4-5-9-10(6-8)20-7-19-9/h4-6H,7H2,1-3H3,(H,14,15,16,17). The largest absolute Gasteiger partial charge is 0.454 e. The Morgan fingerprint density at radius 3 is 2.71 bits per heavy atom. The van der Waals surface area contributed by atoms with Crippen LogP contribution in [0.1, 0.15) is 0 Å². The van der Waals surface area contributed by atoms with Crippen molar-refractivity contribution in [2.45, 2.75) is 0 Å². The second-order valence-electron chi connectivity index (χ2n) is 4.50. The van der Waals surface area contributed by atoms with Crippen molar-refractivity contribution >= 4 is 11.9 Å². The molecule has 0 saturated carbocycles. The van der Waals surface area contributed by atoms with E-state index in [-0.39, 0.29) is 12.8 Å². The van der Waals surface area contributed by atoms with Gasteiger partial charge in [0.15, 0.2) is 11.5 Å². The van der Waals surface area contributed by atoms with Gasteiger partial charge in [-0.25, -0.2) is 0 Å². The van der Waals surface area contributed by atoms with Crippen molar-refractivity contribution in [3.8, 4) is 23.3 Å². The van der Waals surface area contributed by atoms with E-state index in [0.717, 1.165) is 0 Å². The molecule has 3 rings (SSSR count). The molecule has 1 aliphatic heterocycles. The van der Waals surface area contributed by atoms with Crippen molar-refractivity contribution in [2.75, 3.05) is 38.2 Å². The van der Waals surface area contributed by atoms with E-state index in [1.54, 1.807) is 30.1 Å². The second kappa shape index (κ2) is 5.31. The van der Waals surface area contributed by atoms with Crippen molar-refractivity contribution in [2.24, 2.45) is 0 Å². The first kappa shape index (κ1) is 13.2. The Morgan fingerprint density at radius 2 is 1.95 bits per heavy atom. The molecule has 1 aromatic carbocycles. The zero-order valence-corrected chi connectivity index (χ0v) is 12.0. The van der Waals surface area contributed by atoms with E-state index >= 15 is 0 Å². The third-order valence-electron chi connectivity index (χ3n) is 2.78. The summed E-state index contributed by atoms with van der Waals surface area (Å²) in [6.45, 7) is 0.221. The quantitative estimate of drug-likeness (QED) is 0.906. The number of anilines is 2. The van der Waals surface area contributed by atoms with E-state index in [1.807, 2.05) is 14.1 Å².